The molecule has 0 heterocycles. The Bertz CT molecular complexity index is 571. The summed E-state index contributed by atoms with van der Waals surface area (Å²) in [4.78, 5) is 57.6. The maximum atomic E-state index is 11.9. The lowest BCUT2D eigenvalue weighted by Gasteiger charge is -2.22. The van der Waals surface area contributed by atoms with E-state index in [1.165, 1.54) is 0 Å². The van der Waals surface area contributed by atoms with Crippen LogP contribution < -0.4 is 21.3 Å². The van der Waals surface area contributed by atoms with Gasteiger partial charge in [0.15, 0.2) is 6.10 Å². The van der Waals surface area contributed by atoms with Crippen molar-refractivity contribution in [1.29, 1.82) is 0 Å². The van der Waals surface area contributed by atoms with Crippen LogP contribution in [0.15, 0.2) is 0 Å². The molecule has 0 radical (unpaired) electrons. The molecule has 0 fully saturated rings. The average molecular weight is 431 g/mol. The van der Waals surface area contributed by atoms with Crippen LogP contribution in [0.25, 0.3) is 0 Å². The Morgan fingerprint density at radius 1 is 0.767 bits per heavy atom. The molecule has 0 aliphatic rings. The van der Waals surface area contributed by atoms with Gasteiger partial charge >= 0.3 is 0 Å². The Morgan fingerprint density at radius 2 is 1.20 bits per heavy atom. The van der Waals surface area contributed by atoms with Crippen molar-refractivity contribution in [3.05, 3.63) is 0 Å². The van der Waals surface area contributed by atoms with Gasteiger partial charge in [0.2, 0.25) is 17.7 Å². The van der Waals surface area contributed by atoms with Gasteiger partial charge in [-0.15, -0.1) is 0 Å². The predicted molar refractivity (Wildman–Crippen MR) is 108 cm³/mol. The number of aliphatic hydroxyl groups excluding tert-OH is 2. The van der Waals surface area contributed by atoms with Gasteiger partial charge in [-0.3, -0.25) is 19.2 Å². The molecule has 0 saturated carbocycles. The maximum Gasteiger partial charge on any atom is 0.251 e. The summed E-state index contributed by atoms with van der Waals surface area (Å²) in [6, 6.07) is 0. The van der Waals surface area contributed by atoms with Crippen LogP contribution in [0.4, 0.5) is 0 Å². The van der Waals surface area contributed by atoms with E-state index < -0.39 is 36.4 Å². The number of hydrogen-bond donors (Lipinski definition) is 6. The first kappa shape index (κ1) is 27.5. The van der Waals surface area contributed by atoms with Crippen molar-refractivity contribution in [3.8, 4) is 0 Å². The van der Waals surface area contributed by atoms with E-state index in [9.17, 15) is 34.2 Å². The van der Waals surface area contributed by atoms with Crippen LogP contribution in [0.1, 0.15) is 46.0 Å². The Balaban J connectivity index is 4.29. The molecule has 0 spiro atoms. The van der Waals surface area contributed by atoms with Crippen LogP contribution in [0.5, 0.6) is 0 Å². The minimum atomic E-state index is -1.91. The summed E-state index contributed by atoms with van der Waals surface area (Å²) >= 11 is 0. The topological polar surface area (TPSA) is 174 Å². The first-order valence-electron chi connectivity index (χ1n) is 10.2. The number of nitrogens with one attached hydrogen (secondary N) is 4. The molecular weight excluding hydrogens is 396 g/mol. The summed E-state index contributed by atoms with van der Waals surface area (Å²) in [6.07, 6.45) is -1.65. The van der Waals surface area contributed by atoms with Crippen LogP contribution in [-0.4, -0.2) is 78.5 Å². The molecule has 0 aliphatic heterocycles. The number of hydrogen-bond acceptors (Lipinski definition) is 7. The molecule has 4 amide bonds. The zero-order valence-electron chi connectivity index (χ0n) is 17.6. The molecule has 3 unspecified atom stereocenters. The molecular formula is C19H34N4O7. The second kappa shape index (κ2) is 16.3. The van der Waals surface area contributed by atoms with E-state index in [0.29, 0.717) is 32.0 Å². The normalized spacial score (nSPS) is 13.5. The fourth-order valence-electron chi connectivity index (χ4n) is 2.45. The van der Waals surface area contributed by atoms with Gasteiger partial charge in [0.05, 0.1) is 12.0 Å². The smallest absolute Gasteiger partial charge is 0.251 e. The van der Waals surface area contributed by atoms with Crippen LogP contribution in [-0.2, 0) is 24.0 Å². The van der Waals surface area contributed by atoms with Crippen LogP contribution >= 0.6 is 0 Å². The summed E-state index contributed by atoms with van der Waals surface area (Å²) in [7, 11) is 0. The lowest BCUT2D eigenvalue weighted by molar-refractivity contribution is -0.141. The lowest BCUT2D eigenvalue weighted by atomic mass is 9.95. The molecule has 11 nitrogen and oxygen atoms in total. The molecule has 3 atom stereocenters. The van der Waals surface area contributed by atoms with Crippen LogP contribution in [0.2, 0.25) is 0 Å². The van der Waals surface area contributed by atoms with Crippen molar-refractivity contribution in [2.24, 2.45) is 5.92 Å². The molecule has 172 valence electrons. The van der Waals surface area contributed by atoms with Crippen molar-refractivity contribution >= 4 is 29.9 Å². The number of rotatable bonds is 16. The first-order chi connectivity index (χ1) is 14.3. The summed E-state index contributed by atoms with van der Waals surface area (Å²) in [5.41, 5.74) is 0. The van der Waals surface area contributed by atoms with E-state index in [1.807, 2.05) is 13.8 Å². The molecule has 30 heavy (non-hydrogen) atoms. The third-order valence-corrected chi connectivity index (χ3v) is 4.10. The fraction of sp³-hybridized carbons (Fsp3) is 0.737. The van der Waals surface area contributed by atoms with Crippen molar-refractivity contribution < 1.29 is 34.2 Å². The standard InChI is InChI=1S/C19H34N4O7/c1-3-5-14(25)20-7-8-22-16(27)11-13(12-24)17(28)18(29)19(30)23-10-9-21-15(26)6-4-2/h12-13,17-18,28-29H,3-11H2,1-2H3,(H,20,25)(H,21,26)(H,22,27)(H,23,30). The fourth-order valence-corrected chi connectivity index (χ4v) is 2.45. The highest BCUT2D eigenvalue weighted by Gasteiger charge is 2.32. The van der Waals surface area contributed by atoms with Gasteiger partial charge in [-0.1, -0.05) is 13.8 Å². The van der Waals surface area contributed by atoms with Crippen molar-refractivity contribution in [1.82, 2.24) is 21.3 Å². The van der Waals surface area contributed by atoms with E-state index in [0.717, 1.165) is 0 Å². The Morgan fingerprint density at radius 3 is 1.63 bits per heavy atom. The van der Waals surface area contributed by atoms with E-state index in [4.69, 9.17) is 0 Å². The third kappa shape index (κ3) is 12.1. The van der Waals surface area contributed by atoms with Gasteiger partial charge in [0, 0.05) is 45.4 Å². The monoisotopic (exact) mass is 430 g/mol. The van der Waals surface area contributed by atoms with Gasteiger partial charge < -0.3 is 36.3 Å². The average Bonchev–Trinajstić information content (AvgIpc) is 2.71. The first-order valence-corrected chi connectivity index (χ1v) is 10.2. The highest BCUT2D eigenvalue weighted by molar-refractivity contribution is 5.83. The molecule has 0 aromatic rings. The van der Waals surface area contributed by atoms with E-state index in [2.05, 4.69) is 21.3 Å². The molecule has 0 saturated heterocycles. The second-order valence-electron chi connectivity index (χ2n) is 6.78. The van der Waals surface area contributed by atoms with Gasteiger partial charge in [0.1, 0.15) is 6.29 Å². The van der Waals surface area contributed by atoms with Crippen molar-refractivity contribution in [3.63, 3.8) is 0 Å². The number of aldehydes is 1. The third-order valence-electron chi connectivity index (χ3n) is 4.10. The van der Waals surface area contributed by atoms with E-state index in [1.54, 1.807) is 0 Å². The SMILES string of the molecule is CCCC(=O)NCCNC(=O)CC(C=O)C(O)C(O)C(=O)NCCNC(=O)CCC. The summed E-state index contributed by atoms with van der Waals surface area (Å²) < 4.78 is 0. The lowest BCUT2D eigenvalue weighted by Crippen LogP contribution is -2.48. The molecule has 0 bridgehead atoms. The van der Waals surface area contributed by atoms with E-state index >= 15 is 0 Å². The Hall–Kier alpha value is -2.53. The summed E-state index contributed by atoms with van der Waals surface area (Å²) in [6.45, 7) is 4.28. The summed E-state index contributed by atoms with van der Waals surface area (Å²) in [5.74, 6) is -3.07. The van der Waals surface area contributed by atoms with Gasteiger partial charge in [0.25, 0.3) is 5.91 Å². The number of amides is 4. The Kier molecular flexibility index (Phi) is 14.9. The minimum Gasteiger partial charge on any atom is -0.389 e. The highest BCUT2D eigenvalue weighted by Crippen LogP contribution is 2.11. The number of carbonyl (C=O) groups excluding carboxylic acids is 5. The second-order valence-corrected chi connectivity index (χ2v) is 6.78. The van der Waals surface area contributed by atoms with Gasteiger partial charge in [-0.05, 0) is 12.8 Å². The number of carbonyl (C=O) groups is 5. The highest BCUT2D eigenvalue weighted by atomic mass is 16.3. The minimum absolute atomic E-state index is 0.0358. The molecule has 6 N–H and O–H groups in total. The molecule has 0 aliphatic carbocycles. The Labute approximate surface area is 176 Å². The molecule has 0 aromatic carbocycles. The number of aliphatic hydroxyl groups is 2. The summed E-state index contributed by atoms with van der Waals surface area (Å²) in [5, 5.41) is 30.0. The maximum absolute atomic E-state index is 11.9. The molecule has 0 rings (SSSR count). The largest absolute Gasteiger partial charge is 0.389 e. The van der Waals surface area contributed by atoms with Gasteiger partial charge in [-0.25, -0.2) is 0 Å². The van der Waals surface area contributed by atoms with Gasteiger partial charge in [-0.2, -0.15) is 0 Å². The van der Waals surface area contributed by atoms with Crippen molar-refractivity contribution in [2.45, 2.75) is 58.2 Å². The predicted octanol–water partition coefficient (Wildman–Crippen LogP) is -2.02. The molecule has 0 aromatic heterocycles. The zero-order valence-corrected chi connectivity index (χ0v) is 17.6. The molecule has 11 heteroatoms. The van der Waals surface area contributed by atoms with Crippen molar-refractivity contribution in [2.75, 3.05) is 26.2 Å². The van der Waals surface area contributed by atoms with Crippen LogP contribution in [0.3, 0.4) is 0 Å². The van der Waals surface area contributed by atoms with E-state index in [-0.39, 0.29) is 38.0 Å². The zero-order chi connectivity index (χ0) is 22.9. The quantitative estimate of drug-likeness (QED) is 0.121. The van der Waals surface area contributed by atoms with Crippen LogP contribution in [0, 0.1) is 5.92 Å².